The van der Waals surface area contributed by atoms with Crippen molar-refractivity contribution in [2.45, 2.75) is 32.4 Å². The highest BCUT2D eigenvalue weighted by molar-refractivity contribution is 6.31. The lowest BCUT2D eigenvalue weighted by atomic mass is 10.0. The minimum Gasteiger partial charge on any atom is -0.340 e. The number of anilines is 1. The molecule has 1 aromatic heterocycles. The largest absolute Gasteiger partial charge is 0.340 e. The maximum Gasteiger partial charge on any atom is 0.322 e. The van der Waals surface area contributed by atoms with Gasteiger partial charge in [-0.15, -0.1) is 0 Å². The minimum absolute atomic E-state index is 0.0506. The van der Waals surface area contributed by atoms with E-state index in [1.54, 1.807) is 21.5 Å². The average molecular weight is 406 g/mol. The van der Waals surface area contributed by atoms with Gasteiger partial charge in [-0.1, -0.05) is 11.6 Å². The molecule has 0 fully saturated rings. The van der Waals surface area contributed by atoms with Crippen molar-refractivity contribution in [2.24, 2.45) is 0 Å². The van der Waals surface area contributed by atoms with Crippen LogP contribution >= 0.6 is 11.6 Å². The van der Waals surface area contributed by atoms with Crippen LogP contribution in [-0.4, -0.2) is 51.7 Å². The molecule has 3 amide bonds. The maximum absolute atomic E-state index is 13.3. The Balaban J connectivity index is 1.56. The Bertz CT molecular complexity index is 945. The summed E-state index contributed by atoms with van der Waals surface area (Å²) in [7, 11) is 1.79. The van der Waals surface area contributed by atoms with Gasteiger partial charge in [0.25, 0.3) is 5.91 Å². The molecule has 0 unspecified atom stereocenters. The minimum atomic E-state index is -0.539. The van der Waals surface area contributed by atoms with Gasteiger partial charge in [0, 0.05) is 44.4 Å². The van der Waals surface area contributed by atoms with Crippen LogP contribution in [0.5, 0.6) is 0 Å². The fourth-order valence-electron chi connectivity index (χ4n) is 3.67. The Labute approximate surface area is 167 Å². The quantitative estimate of drug-likeness (QED) is 0.792. The van der Waals surface area contributed by atoms with Gasteiger partial charge in [0.15, 0.2) is 0 Å². The highest BCUT2D eigenvalue weighted by atomic mass is 35.5. The Hall–Kier alpha value is -2.61. The summed E-state index contributed by atoms with van der Waals surface area (Å²) in [6.45, 7) is 2.23. The molecule has 28 heavy (non-hydrogen) atoms. The van der Waals surface area contributed by atoms with E-state index in [-0.39, 0.29) is 17.0 Å². The van der Waals surface area contributed by atoms with Gasteiger partial charge in [-0.25, -0.2) is 9.18 Å². The normalized spacial score (nSPS) is 16.9. The van der Waals surface area contributed by atoms with Crippen LogP contribution in [0.4, 0.5) is 14.9 Å². The van der Waals surface area contributed by atoms with Crippen molar-refractivity contribution in [3.63, 3.8) is 0 Å². The third kappa shape index (κ3) is 3.44. The van der Waals surface area contributed by atoms with Crippen molar-refractivity contribution < 1.29 is 14.0 Å². The number of carbonyl (C=O) groups is 2. The third-order valence-electron chi connectivity index (χ3n) is 5.22. The molecule has 7 nitrogen and oxygen atoms in total. The van der Waals surface area contributed by atoms with Crippen LogP contribution in [0.25, 0.3) is 0 Å². The van der Waals surface area contributed by atoms with E-state index in [9.17, 15) is 14.0 Å². The maximum atomic E-state index is 13.3. The van der Waals surface area contributed by atoms with Gasteiger partial charge in [0.05, 0.1) is 17.3 Å². The number of halogens is 2. The molecule has 0 radical (unpaired) electrons. The van der Waals surface area contributed by atoms with Crippen LogP contribution in [0.15, 0.2) is 18.2 Å². The molecule has 2 aliphatic rings. The molecule has 0 atom stereocenters. The van der Waals surface area contributed by atoms with E-state index in [4.69, 9.17) is 11.6 Å². The number of fused-ring (bicyclic) bond motifs is 3. The van der Waals surface area contributed by atoms with Crippen LogP contribution in [0.1, 0.15) is 34.6 Å². The topological polar surface area (TPSA) is 70.5 Å². The summed E-state index contributed by atoms with van der Waals surface area (Å²) >= 11 is 5.78. The number of aryl methyl sites for hydroxylation is 1. The number of nitrogens with one attached hydrogen (secondary N) is 1. The van der Waals surface area contributed by atoms with Crippen LogP contribution in [0.3, 0.4) is 0 Å². The number of benzene rings is 1. The summed E-state index contributed by atoms with van der Waals surface area (Å²) in [4.78, 5) is 28.9. The van der Waals surface area contributed by atoms with Crippen LogP contribution in [0.2, 0.25) is 5.02 Å². The van der Waals surface area contributed by atoms with Gasteiger partial charge < -0.3 is 15.1 Å². The number of aromatic nitrogens is 2. The standard InChI is InChI=1S/C19H21ClFN5O2/c1-24-7-2-3-8-26-17(18(24)27)13-11-25(9-6-16(13)23-26)19(28)22-12-4-5-15(21)14(20)10-12/h4-5,10H,2-3,6-9,11H2,1H3,(H,22,28). The molecule has 0 bridgehead atoms. The van der Waals surface area contributed by atoms with E-state index < -0.39 is 5.82 Å². The van der Waals surface area contributed by atoms with Gasteiger partial charge in [0.1, 0.15) is 11.5 Å². The van der Waals surface area contributed by atoms with Gasteiger partial charge in [0.2, 0.25) is 0 Å². The summed E-state index contributed by atoms with van der Waals surface area (Å²) in [5, 5.41) is 7.32. The fraction of sp³-hybridized carbons (Fsp3) is 0.421. The molecule has 4 rings (SSSR count). The summed E-state index contributed by atoms with van der Waals surface area (Å²) in [5.41, 5.74) is 2.70. The lowest BCUT2D eigenvalue weighted by Gasteiger charge is -2.28. The van der Waals surface area contributed by atoms with E-state index in [1.807, 2.05) is 0 Å². The Morgan fingerprint density at radius 3 is 2.82 bits per heavy atom. The van der Waals surface area contributed by atoms with E-state index >= 15 is 0 Å². The van der Waals surface area contributed by atoms with E-state index in [1.165, 1.54) is 18.2 Å². The number of urea groups is 1. The molecule has 9 heteroatoms. The van der Waals surface area contributed by atoms with Crippen molar-refractivity contribution in [3.05, 3.63) is 46.0 Å². The summed E-state index contributed by atoms with van der Waals surface area (Å²) in [5.74, 6) is -0.593. The highest BCUT2D eigenvalue weighted by Crippen LogP contribution is 2.26. The lowest BCUT2D eigenvalue weighted by Crippen LogP contribution is -2.40. The fourth-order valence-corrected chi connectivity index (χ4v) is 3.85. The predicted octanol–water partition coefficient (Wildman–Crippen LogP) is 3.13. The number of amides is 3. The zero-order valence-electron chi connectivity index (χ0n) is 15.5. The van der Waals surface area contributed by atoms with E-state index in [2.05, 4.69) is 10.4 Å². The van der Waals surface area contributed by atoms with Gasteiger partial charge in [-0.2, -0.15) is 5.10 Å². The molecular formula is C19H21ClFN5O2. The summed E-state index contributed by atoms with van der Waals surface area (Å²) in [6, 6.07) is 3.72. The number of hydrogen-bond donors (Lipinski definition) is 1. The molecule has 0 spiro atoms. The molecule has 0 saturated carbocycles. The number of hydrogen-bond acceptors (Lipinski definition) is 3. The summed E-state index contributed by atoms with van der Waals surface area (Å²) < 4.78 is 15.1. The molecule has 0 saturated heterocycles. The molecule has 3 heterocycles. The van der Waals surface area contributed by atoms with Crippen molar-refractivity contribution in [1.82, 2.24) is 19.6 Å². The van der Waals surface area contributed by atoms with Crippen LogP contribution in [0, 0.1) is 5.82 Å². The SMILES string of the molecule is CN1CCCCn2nc3c(c2C1=O)CN(C(=O)Nc1ccc(F)c(Cl)c1)CC3. The van der Waals surface area contributed by atoms with Crippen molar-refractivity contribution in [3.8, 4) is 0 Å². The molecule has 1 N–H and O–H groups in total. The first-order valence-corrected chi connectivity index (χ1v) is 9.67. The van der Waals surface area contributed by atoms with Crippen molar-refractivity contribution in [1.29, 1.82) is 0 Å². The molecule has 2 aromatic rings. The lowest BCUT2D eigenvalue weighted by molar-refractivity contribution is 0.0767. The van der Waals surface area contributed by atoms with Gasteiger partial charge in [-0.05, 0) is 31.0 Å². The Kier molecular flexibility index (Phi) is 4.97. The zero-order valence-corrected chi connectivity index (χ0v) is 16.3. The molecule has 0 aliphatic carbocycles. The van der Waals surface area contributed by atoms with Gasteiger partial charge in [-0.3, -0.25) is 9.48 Å². The number of rotatable bonds is 1. The molecule has 2 aliphatic heterocycles. The summed E-state index contributed by atoms with van der Waals surface area (Å²) in [6.07, 6.45) is 2.49. The monoisotopic (exact) mass is 405 g/mol. The van der Waals surface area contributed by atoms with Crippen LogP contribution in [-0.2, 0) is 19.5 Å². The average Bonchev–Trinajstić information content (AvgIpc) is 3.03. The number of nitrogens with zero attached hydrogens (tertiary/aromatic N) is 4. The van der Waals surface area contributed by atoms with E-state index in [0.29, 0.717) is 44.0 Å². The zero-order chi connectivity index (χ0) is 19.8. The molecular weight excluding hydrogens is 385 g/mol. The van der Waals surface area contributed by atoms with E-state index in [0.717, 1.165) is 24.1 Å². The second-order valence-electron chi connectivity index (χ2n) is 7.16. The van der Waals surface area contributed by atoms with Crippen molar-refractivity contribution in [2.75, 3.05) is 25.5 Å². The first kappa shape index (κ1) is 18.7. The Morgan fingerprint density at radius 1 is 1.25 bits per heavy atom. The molecule has 148 valence electrons. The second kappa shape index (κ2) is 7.43. The second-order valence-corrected chi connectivity index (χ2v) is 7.57. The first-order chi connectivity index (χ1) is 13.4. The molecule has 1 aromatic carbocycles. The Morgan fingerprint density at radius 2 is 2.04 bits per heavy atom. The van der Waals surface area contributed by atoms with Gasteiger partial charge >= 0.3 is 6.03 Å². The predicted molar refractivity (Wildman–Crippen MR) is 103 cm³/mol. The van der Waals surface area contributed by atoms with Crippen LogP contribution < -0.4 is 5.32 Å². The smallest absolute Gasteiger partial charge is 0.322 e. The highest BCUT2D eigenvalue weighted by Gasteiger charge is 2.32. The van der Waals surface area contributed by atoms with Crippen molar-refractivity contribution >= 4 is 29.2 Å². The third-order valence-corrected chi connectivity index (χ3v) is 5.51. The first-order valence-electron chi connectivity index (χ1n) is 9.29. The number of carbonyl (C=O) groups excluding carboxylic acids is 2.